The second-order valence-electron chi connectivity index (χ2n) is 8.01. The van der Waals surface area contributed by atoms with Crippen molar-refractivity contribution < 1.29 is 14.3 Å². The van der Waals surface area contributed by atoms with Crippen LogP contribution in [0.15, 0.2) is 48.5 Å². The summed E-state index contributed by atoms with van der Waals surface area (Å²) in [7, 11) is 0. The molecule has 0 N–H and O–H groups in total. The maximum absolute atomic E-state index is 12.9. The Labute approximate surface area is 185 Å². The third-order valence-electron chi connectivity index (χ3n) is 5.74. The zero-order chi connectivity index (χ0) is 21.4. The molecule has 31 heavy (non-hydrogen) atoms. The molecule has 2 aromatic carbocycles. The quantitative estimate of drug-likeness (QED) is 0.528. The van der Waals surface area contributed by atoms with E-state index in [0.29, 0.717) is 19.0 Å². The van der Waals surface area contributed by atoms with Crippen LogP contribution >= 0.6 is 11.6 Å². The third kappa shape index (κ3) is 4.21. The molecule has 1 aromatic heterocycles. The standard InChI is InChI=1S/C24H22ClN3O3/c1-15-5-4-8-19(17-9-10-17)22(15)31-23-20(13-21(25)26-27-23)30-24(29)28-12-11-16-6-2-3-7-18(16)14-28/h2-8,13,17H,9-12,14H2,1H3. The van der Waals surface area contributed by atoms with Gasteiger partial charge in [-0.25, -0.2) is 4.79 Å². The first-order valence-corrected chi connectivity index (χ1v) is 10.8. The summed E-state index contributed by atoms with van der Waals surface area (Å²) in [5, 5.41) is 8.09. The molecule has 7 heteroatoms. The van der Waals surface area contributed by atoms with Gasteiger partial charge in [0.1, 0.15) is 5.75 Å². The van der Waals surface area contributed by atoms with Gasteiger partial charge in [-0.2, -0.15) is 0 Å². The van der Waals surface area contributed by atoms with E-state index < -0.39 is 6.09 Å². The minimum atomic E-state index is -0.462. The molecule has 158 valence electrons. The summed E-state index contributed by atoms with van der Waals surface area (Å²) in [4.78, 5) is 14.6. The summed E-state index contributed by atoms with van der Waals surface area (Å²) in [5.41, 5.74) is 4.52. The van der Waals surface area contributed by atoms with Crippen LogP contribution in [-0.2, 0) is 13.0 Å². The molecule has 5 rings (SSSR count). The predicted molar refractivity (Wildman–Crippen MR) is 117 cm³/mol. The number of benzene rings is 2. The number of hydrogen-bond acceptors (Lipinski definition) is 5. The smallest absolute Gasteiger partial charge is 0.415 e. The van der Waals surface area contributed by atoms with Gasteiger partial charge in [0.2, 0.25) is 0 Å². The first-order valence-electron chi connectivity index (χ1n) is 10.4. The van der Waals surface area contributed by atoms with Gasteiger partial charge in [0.05, 0.1) is 0 Å². The number of nitrogens with zero attached hydrogens (tertiary/aromatic N) is 3. The number of hydrogen-bond donors (Lipinski definition) is 0. The van der Waals surface area contributed by atoms with Gasteiger partial charge in [0.25, 0.3) is 5.88 Å². The molecule has 6 nitrogen and oxygen atoms in total. The van der Waals surface area contributed by atoms with E-state index in [1.807, 2.05) is 37.3 Å². The van der Waals surface area contributed by atoms with Crippen molar-refractivity contribution in [3.63, 3.8) is 0 Å². The summed E-state index contributed by atoms with van der Waals surface area (Å²) in [6.45, 7) is 3.07. The number of rotatable bonds is 4. The molecule has 0 spiro atoms. The van der Waals surface area contributed by atoms with E-state index >= 15 is 0 Å². The number of para-hydroxylation sites is 1. The van der Waals surface area contributed by atoms with Crippen LogP contribution in [-0.4, -0.2) is 27.7 Å². The van der Waals surface area contributed by atoms with E-state index in [0.717, 1.165) is 41.7 Å². The molecule has 0 radical (unpaired) electrons. The SMILES string of the molecule is Cc1cccc(C2CC2)c1Oc1nnc(Cl)cc1OC(=O)N1CCc2ccccc2C1. The molecule has 2 heterocycles. The fourth-order valence-electron chi connectivity index (χ4n) is 3.92. The van der Waals surface area contributed by atoms with Gasteiger partial charge in [-0.05, 0) is 54.4 Å². The monoisotopic (exact) mass is 435 g/mol. The van der Waals surface area contributed by atoms with Gasteiger partial charge < -0.3 is 14.4 Å². The molecule has 1 aliphatic heterocycles. The second kappa shape index (κ2) is 8.19. The fraction of sp³-hybridized carbons (Fsp3) is 0.292. The number of carbonyl (C=O) groups excluding carboxylic acids is 1. The Morgan fingerprint density at radius 2 is 1.90 bits per heavy atom. The Morgan fingerprint density at radius 3 is 2.71 bits per heavy atom. The zero-order valence-electron chi connectivity index (χ0n) is 17.2. The number of halogens is 1. The van der Waals surface area contributed by atoms with E-state index in [2.05, 4.69) is 22.3 Å². The van der Waals surface area contributed by atoms with E-state index in [1.165, 1.54) is 11.6 Å². The average molecular weight is 436 g/mol. The fourth-order valence-corrected chi connectivity index (χ4v) is 4.06. The van der Waals surface area contributed by atoms with Gasteiger partial charge in [-0.15, -0.1) is 10.2 Å². The first-order chi connectivity index (χ1) is 15.1. The zero-order valence-corrected chi connectivity index (χ0v) is 17.9. The summed E-state index contributed by atoms with van der Waals surface area (Å²) in [6.07, 6.45) is 2.61. The molecule has 0 atom stereocenters. The third-order valence-corrected chi connectivity index (χ3v) is 5.93. The molecule has 1 amide bonds. The molecule has 0 saturated heterocycles. The molecule has 0 bridgehead atoms. The van der Waals surface area contributed by atoms with Crippen molar-refractivity contribution in [3.8, 4) is 17.4 Å². The lowest BCUT2D eigenvalue weighted by Gasteiger charge is -2.28. The van der Waals surface area contributed by atoms with Crippen LogP contribution in [0.2, 0.25) is 5.15 Å². The van der Waals surface area contributed by atoms with Gasteiger partial charge in [0.15, 0.2) is 10.9 Å². The number of carbonyl (C=O) groups is 1. The van der Waals surface area contributed by atoms with E-state index in [1.54, 1.807) is 4.90 Å². The Balaban J connectivity index is 1.39. The molecular formula is C24H22ClN3O3. The molecule has 3 aromatic rings. The highest BCUT2D eigenvalue weighted by Crippen LogP contribution is 2.47. The van der Waals surface area contributed by atoms with Crippen molar-refractivity contribution in [3.05, 3.63) is 75.9 Å². The van der Waals surface area contributed by atoms with Crippen molar-refractivity contribution in [1.82, 2.24) is 15.1 Å². The van der Waals surface area contributed by atoms with Crippen LogP contribution in [0.3, 0.4) is 0 Å². The first kappa shape index (κ1) is 19.8. The summed E-state index contributed by atoms with van der Waals surface area (Å²) >= 11 is 6.04. The molecule has 1 aliphatic carbocycles. The maximum atomic E-state index is 12.9. The van der Waals surface area contributed by atoms with Crippen molar-refractivity contribution in [2.75, 3.05) is 6.54 Å². The van der Waals surface area contributed by atoms with Crippen molar-refractivity contribution in [2.45, 2.75) is 38.6 Å². The van der Waals surface area contributed by atoms with Crippen LogP contribution in [0.1, 0.15) is 41.0 Å². The minimum absolute atomic E-state index is 0.131. The van der Waals surface area contributed by atoms with Crippen LogP contribution in [0.5, 0.6) is 17.4 Å². The Bertz CT molecular complexity index is 1150. The Morgan fingerprint density at radius 1 is 1.10 bits per heavy atom. The minimum Gasteiger partial charge on any atom is -0.434 e. The molecule has 1 saturated carbocycles. The van der Waals surface area contributed by atoms with Crippen molar-refractivity contribution >= 4 is 17.7 Å². The molecule has 1 fully saturated rings. The van der Waals surface area contributed by atoms with Crippen molar-refractivity contribution in [1.29, 1.82) is 0 Å². The number of fused-ring (bicyclic) bond motifs is 1. The summed E-state index contributed by atoms with van der Waals surface area (Å²) in [6, 6.07) is 15.7. The van der Waals surface area contributed by atoms with Crippen LogP contribution in [0.25, 0.3) is 0 Å². The highest BCUT2D eigenvalue weighted by Gasteiger charge is 2.29. The molecule has 0 unspecified atom stereocenters. The van der Waals surface area contributed by atoms with Crippen LogP contribution in [0, 0.1) is 6.92 Å². The van der Waals surface area contributed by atoms with Crippen LogP contribution < -0.4 is 9.47 Å². The lowest BCUT2D eigenvalue weighted by Crippen LogP contribution is -2.37. The summed E-state index contributed by atoms with van der Waals surface area (Å²) < 4.78 is 11.8. The highest BCUT2D eigenvalue weighted by molar-refractivity contribution is 6.29. The highest BCUT2D eigenvalue weighted by atomic mass is 35.5. The largest absolute Gasteiger partial charge is 0.434 e. The van der Waals surface area contributed by atoms with Gasteiger partial charge >= 0.3 is 6.09 Å². The lowest BCUT2D eigenvalue weighted by atomic mass is 10.0. The van der Waals surface area contributed by atoms with E-state index in [9.17, 15) is 4.79 Å². The number of aromatic nitrogens is 2. The molecular weight excluding hydrogens is 414 g/mol. The average Bonchev–Trinajstić information content (AvgIpc) is 3.61. The number of ether oxygens (including phenoxy) is 2. The van der Waals surface area contributed by atoms with Crippen LogP contribution in [0.4, 0.5) is 4.79 Å². The lowest BCUT2D eigenvalue weighted by molar-refractivity contribution is 0.145. The van der Waals surface area contributed by atoms with E-state index in [4.69, 9.17) is 21.1 Å². The van der Waals surface area contributed by atoms with E-state index in [-0.39, 0.29) is 16.8 Å². The molecule has 2 aliphatic rings. The number of amides is 1. The topological polar surface area (TPSA) is 64.6 Å². The number of aryl methyl sites for hydroxylation is 1. The predicted octanol–water partition coefficient (Wildman–Crippen LogP) is 5.67. The van der Waals surface area contributed by atoms with Crippen molar-refractivity contribution in [2.24, 2.45) is 0 Å². The van der Waals surface area contributed by atoms with Gasteiger partial charge in [0, 0.05) is 19.2 Å². The second-order valence-corrected chi connectivity index (χ2v) is 8.40. The maximum Gasteiger partial charge on any atom is 0.415 e. The normalized spacial score (nSPS) is 15.4. The Kier molecular flexibility index (Phi) is 5.24. The van der Waals surface area contributed by atoms with Gasteiger partial charge in [-0.1, -0.05) is 54.1 Å². The van der Waals surface area contributed by atoms with Gasteiger partial charge in [-0.3, -0.25) is 0 Å². The Hall–Kier alpha value is -3.12. The summed E-state index contributed by atoms with van der Waals surface area (Å²) in [5.74, 6) is 1.53.